The summed E-state index contributed by atoms with van der Waals surface area (Å²) >= 11 is 0. The van der Waals surface area contributed by atoms with Crippen LogP contribution in [0.25, 0.3) is 0 Å². The maximum absolute atomic E-state index is 12.5. The molecule has 2 heterocycles. The molecule has 1 atom stereocenters. The molecule has 1 amide bonds. The van der Waals surface area contributed by atoms with Crippen LogP contribution in [-0.4, -0.2) is 55.5 Å². The van der Waals surface area contributed by atoms with E-state index in [2.05, 4.69) is 15.3 Å². The van der Waals surface area contributed by atoms with Gasteiger partial charge in [-0.2, -0.15) is 0 Å². The monoisotopic (exact) mass is 390 g/mol. The van der Waals surface area contributed by atoms with Crippen LogP contribution in [0.5, 0.6) is 5.75 Å². The van der Waals surface area contributed by atoms with Gasteiger partial charge in [0, 0.05) is 24.8 Å². The molecule has 1 aliphatic rings. The van der Waals surface area contributed by atoms with E-state index in [0.717, 1.165) is 5.75 Å². The van der Waals surface area contributed by atoms with Crippen molar-refractivity contribution in [3.8, 4) is 5.75 Å². The number of aromatic nitrogens is 2. The normalized spacial score (nSPS) is 18.1. The highest BCUT2D eigenvalue weighted by molar-refractivity contribution is 7.91. The molecule has 1 N–H and O–H groups in total. The lowest BCUT2D eigenvalue weighted by Crippen LogP contribution is -2.33. The van der Waals surface area contributed by atoms with E-state index in [4.69, 9.17) is 4.74 Å². The molecular formula is C18H22N4O4S. The zero-order valence-corrected chi connectivity index (χ0v) is 16.1. The van der Waals surface area contributed by atoms with Crippen molar-refractivity contribution < 1.29 is 17.9 Å². The van der Waals surface area contributed by atoms with Crippen molar-refractivity contribution >= 4 is 27.2 Å². The summed E-state index contributed by atoms with van der Waals surface area (Å²) < 4.78 is 28.7. The maximum atomic E-state index is 12.5. The Hall–Kier alpha value is -2.68. The highest BCUT2D eigenvalue weighted by atomic mass is 32.2. The van der Waals surface area contributed by atoms with E-state index in [0.29, 0.717) is 24.5 Å². The highest BCUT2D eigenvalue weighted by Crippen LogP contribution is 2.22. The second-order valence-corrected chi connectivity index (χ2v) is 8.57. The Kier molecular flexibility index (Phi) is 5.59. The zero-order chi connectivity index (χ0) is 19.4. The number of rotatable bonds is 6. The highest BCUT2D eigenvalue weighted by Gasteiger charge is 2.31. The van der Waals surface area contributed by atoms with Crippen molar-refractivity contribution in [1.29, 1.82) is 0 Å². The number of hydrogen-bond donors (Lipinski definition) is 1. The number of anilines is 2. The van der Waals surface area contributed by atoms with Crippen LogP contribution >= 0.6 is 0 Å². The van der Waals surface area contributed by atoms with Crippen molar-refractivity contribution in [3.63, 3.8) is 0 Å². The number of carbonyl (C=O) groups excluding carboxylic acids is 1. The van der Waals surface area contributed by atoms with Gasteiger partial charge in [-0.1, -0.05) is 0 Å². The Balaban J connectivity index is 1.70. The van der Waals surface area contributed by atoms with Crippen LogP contribution in [0.15, 0.2) is 36.7 Å². The third kappa shape index (κ3) is 4.73. The number of benzene rings is 1. The van der Waals surface area contributed by atoms with Crippen LogP contribution in [0.2, 0.25) is 0 Å². The average Bonchev–Trinajstić information content (AvgIpc) is 3.03. The van der Waals surface area contributed by atoms with E-state index in [1.165, 1.54) is 6.33 Å². The fourth-order valence-corrected chi connectivity index (χ4v) is 4.70. The molecule has 2 aromatic rings. The van der Waals surface area contributed by atoms with Crippen molar-refractivity contribution in [2.45, 2.75) is 19.4 Å². The lowest BCUT2D eigenvalue weighted by Gasteiger charge is -2.24. The number of nitrogens with zero attached hydrogens (tertiary/aromatic N) is 3. The quantitative estimate of drug-likeness (QED) is 0.802. The van der Waals surface area contributed by atoms with E-state index >= 15 is 0 Å². The van der Waals surface area contributed by atoms with Gasteiger partial charge < -0.3 is 15.0 Å². The first-order chi connectivity index (χ1) is 12.9. The van der Waals surface area contributed by atoms with Gasteiger partial charge in [0.2, 0.25) is 0 Å². The van der Waals surface area contributed by atoms with Crippen LogP contribution < -0.4 is 15.0 Å². The predicted octanol–water partition coefficient (Wildman–Crippen LogP) is 1.75. The van der Waals surface area contributed by atoms with E-state index in [1.54, 1.807) is 42.3 Å². The van der Waals surface area contributed by atoms with E-state index in [-0.39, 0.29) is 29.1 Å². The first-order valence-electron chi connectivity index (χ1n) is 8.67. The molecule has 0 radical (unpaired) electrons. The van der Waals surface area contributed by atoms with Crippen LogP contribution in [0.1, 0.15) is 23.8 Å². The summed E-state index contributed by atoms with van der Waals surface area (Å²) in [4.78, 5) is 22.5. The van der Waals surface area contributed by atoms with E-state index < -0.39 is 9.84 Å². The number of hydrogen-bond acceptors (Lipinski definition) is 7. The van der Waals surface area contributed by atoms with Gasteiger partial charge in [-0.05, 0) is 37.6 Å². The number of ether oxygens (including phenoxy) is 1. The molecule has 1 fully saturated rings. The molecule has 144 valence electrons. The van der Waals surface area contributed by atoms with Crippen LogP contribution in [0.3, 0.4) is 0 Å². The van der Waals surface area contributed by atoms with Crippen LogP contribution in [0.4, 0.5) is 11.5 Å². The van der Waals surface area contributed by atoms with Crippen LogP contribution in [0, 0.1) is 0 Å². The Labute approximate surface area is 158 Å². The number of amides is 1. The van der Waals surface area contributed by atoms with Crippen molar-refractivity contribution in [2.75, 3.05) is 35.4 Å². The number of sulfone groups is 1. The SMILES string of the molecule is CCOc1ccc(NC(=O)c2cc(N(C)C3CCS(=O)(=O)C3)ncn2)cc1. The Bertz CT molecular complexity index is 915. The van der Waals surface area contributed by atoms with Gasteiger partial charge >= 0.3 is 0 Å². The molecule has 1 saturated heterocycles. The second kappa shape index (κ2) is 7.91. The zero-order valence-electron chi connectivity index (χ0n) is 15.3. The minimum Gasteiger partial charge on any atom is -0.494 e. The molecule has 1 aromatic heterocycles. The third-order valence-corrected chi connectivity index (χ3v) is 6.18. The smallest absolute Gasteiger partial charge is 0.274 e. The Morgan fingerprint density at radius 2 is 2.04 bits per heavy atom. The molecule has 8 nitrogen and oxygen atoms in total. The topological polar surface area (TPSA) is 101 Å². The molecule has 0 spiro atoms. The van der Waals surface area contributed by atoms with Gasteiger partial charge in [0.15, 0.2) is 9.84 Å². The van der Waals surface area contributed by atoms with E-state index in [1.807, 2.05) is 6.92 Å². The molecular weight excluding hydrogens is 368 g/mol. The Morgan fingerprint density at radius 3 is 2.67 bits per heavy atom. The van der Waals surface area contributed by atoms with Gasteiger partial charge in [0.05, 0.1) is 18.1 Å². The minimum absolute atomic E-state index is 0.0984. The molecule has 1 aromatic carbocycles. The summed E-state index contributed by atoms with van der Waals surface area (Å²) in [6.45, 7) is 2.48. The molecule has 27 heavy (non-hydrogen) atoms. The number of carbonyl (C=O) groups is 1. The van der Waals surface area contributed by atoms with Gasteiger partial charge in [0.1, 0.15) is 23.6 Å². The first kappa shape index (κ1) is 19.1. The first-order valence-corrected chi connectivity index (χ1v) is 10.5. The van der Waals surface area contributed by atoms with Crippen molar-refractivity contribution in [2.24, 2.45) is 0 Å². The molecule has 0 bridgehead atoms. The fourth-order valence-electron chi connectivity index (χ4n) is 2.93. The van der Waals surface area contributed by atoms with Gasteiger partial charge in [-0.15, -0.1) is 0 Å². The summed E-state index contributed by atoms with van der Waals surface area (Å²) in [5, 5.41) is 2.78. The van der Waals surface area contributed by atoms with E-state index in [9.17, 15) is 13.2 Å². The Morgan fingerprint density at radius 1 is 1.30 bits per heavy atom. The molecule has 0 saturated carbocycles. The molecule has 1 unspecified atom stereocenters. The molecule has 3 rings (SSSR count). The second-order valence-electron chi connectivity index (χ2n) is 6.34. The summed E-state index contributed by atoms with van der Waals surface area (Å²) in [7, 11) is -1.22. The van der Waals surface area contributed by atoms with Crippen LogP contribution in [-0.2, 0) is 9.84 Å². The largest absolute Gasteiger partial charge is 0.494 e. The standard InChI is InChI=1S/C18H22N4O4S/c1-3-26-15-6-4-13(5-7-15)21-18(23)16-10-17(20-12-19-16)22(2)14-8-9-27(24,25)11-14/h4-7,10,12,14H,3,8-9,11H2,1-2H3,(H,21,23). The minimum atomic E-state index is -3.00. The average molecular weight is 390 g/mol. The predicted molar refractivity (Wildman–Crippen MR) is 103 cm³/mol. The van der Waals surface area contributed by atoms with Gasteiger partial charge in [-0.3, -0.25) is 4.79 Å². The van der Waals surface area contributed by atoms with Crippen molar-refractivity contribution in [3.05, 3.63) is 42.4 Å². The molecule has 1 aliphatic heterocycles. The lowest BCUT2D eigenvalue weighted by atomic mass is 10.2. The van der Waals surface area contributed by atoms with Gasteiger partial charge in [-0.25, -0.2) is 18.4 Å². The summed E-state index contributed by atoms with van der Waals surface area (Å²) in [6, 6.07) is 8.47. The van der Waals surface area contributed by atoms with Gasteiger partial charge in [0.25, 0.3) is 5.91 Å². The fraction of sp³-hybridized carbons (Fsp3) is 0.389. The third-order valence-electron chi connectivity index (χ3n) is 4.43. The molecule has 9 heteroatoms. The maximum Gasteiger partial charge on any atom is 0.274 e. The molecule has 0 aliphatic carbocycles. The summed E-state index contributed by atoms with van der Waals surface area (Å²) in [6.07, 6.45) is 1.86. The summed E-state index contributed by atoms with van der Waals surface area (Å²) in [5.41, 5.74) is 0.834. The van der Waals surface area contributed by atoms with Crippen molar-refractivity contribution in [1.82, 2.24) is 9.97 Å². The lowest BCUT2D eigenvalue weighted by molar-refractivity contribution is 0.102. The number of nitrogens with one attached hydrogen (secondary N) is 1. The summed E-state index contributed by atoms with van der Waals surface area (Å²) in [5.74, 6) is 1.16.